The number of nitrogens with one attached hydrogen (secondary N) is 1. The molecule has 127 valence electrons. The van der Waals surface area contributed by atoms with Crippen molar-refractivity contribution in [2.24, 2.45) is 10.9 Å². The van der Waals surface area contributed by atoms with Crippen LogP contribution in [0.3, 0.4) is 0 Å². The fourth-order valence-electron chi connectivity index (χ4n) is 2.68. The second-order valence-electron chi connectivity index (χ2n) is 5.52. The van der Waals surface area contributed by atoms with Crippen LogP contribution in [0.25, 0.3) is 0 Å². The van der Waals surface area contributed by atoms with Crippen LogP contribution in [0.15, 0.2) is 40.7 Å². The Hall–Kier alpha value is -2.12. The molecule has 1 aromatic carbocycles. The van der Waals surface area contributed by atoms with E-state index >= 15 is 0 Å². The highest BCUT2D eigenvalue weighted by Gasteiger charge is 2.34. The van der Waals surface area contributed by atoms with Crippen molar-refractivity contribution in [2.75, 3.05) is 0 Å². The van der Waals surface area contributed by atoms with Crippen LogP contribution in [0.2, 0.25) is 0 Å². The molecule has 2 aromatic rings. The van der Waals surface area contributed by atoms with Crippen LogP contribution in [0.1, 0.15) is 45.7 Å². The van der Waals surface area contributed by atoms with Crippen molar-refractivity contribution in [1.29, 1.82) is 0 Å². The van der Waals surface area contributed by atoms with E-state index in [0.717, 1.165) is 0 Å². The molecule has 1 amide bonds. The summed E-state index contributed by atoms with van der Waals surface area (Å²) < 4.78 is 0.588. The molecular weight excluding hydrogens is 404 g/mol. The van der Waals surface area contributed by atoms with Crippen molar-refractivity contribution in [3.05, 3.63) is 52.4 Å². The molecule has 7 heteroatoms. The number of amides is 1. The number of carbonyl (C=O) groups excluding carboxylic acids is 3. The molecule has 1 aliphatic heterocycles. The standard InChI is InChI=1S/C18H14BrN2O3S/c1-2-11-15(23)14-12(9-25-18(14)21-16(11)19)17(24)20-13(8-22)10-6-4-3-5-7-10/h3-7,9,11,13H,2H2,1H3,(H,20,24). The largest absolute Gasteiger partial charge is 0.338 e. The molecule has 3 rings (SSSR count). The molecule has 2 heterocycles. The van der Waals surface area contributed by atoms with E-state index in [1.807, 2.05) is 19.3 Å². The zero-order valence-electron chi connectivity index (χ0n) is 13.3. The van der Waals surface area contributed by atoms with E-state index < -0.39 is 11.9 Å². The molecule has 2 unspecified atom stereocenters. The minimum absolute atomic E-state index is 0.128. The summed E-state index contributed by atoms with van der Waals surface area (Å²) in [7, 11) is 0. The van der Waals surface area contributed by atoms with Gasteiger partial charge in [0.25, 0.3) is 5.91 Å². The summed E-state index contributed by atoms with van der Waals surface area (Å²) in [6.07, 6.45) is 2.42. The molecule has 0 spiro atoms. The number of rotatable bonds is 5. The van der Waals surface area contributed by atoms with Crippen LogP contribution < -0.4 is 5.32 Å². The van der Waals surface area contributed by atoms with Gasteiger partial charge in [0.15, 0.2) is 5.78 Å². The van der Waals surface area contributed by atoms with Crippen LogP contribution in [0.5, 0.6) is 0 Å². The van der Waals surface area contributed by atoms with Gasteiger partial charge < -0.3 is 5.32 Å². The zero-order valence-corrected chi connectivity index (χ0v) is 15.7. The van der Waals surface area contributed by atoms with Gasteiger partial charge in [-0.3, -0.25) is 14.4 Å². The van der Waals surface area contributed by atoms with Crippen LogP contribution in [0.4, 0.5) is 5.00 Å². The lowest BCUT2D eigenvalue weighted by Crippen LogP contribution is -2.31. The fraction of sp³-hybridized carbons (Fsp3) is 0.222. The van der Waals surface area contributed by atoms with Gasteiger partial charge in [-0.15, -0.1) is 11.3 Å². The molecule has 1 aromatic heterocycles. The van der Waals surface area contributed by atoms with E-state index in [1.54, 1.807) is 29.6 Å². The number of Topliss-reactive ketones (excluding diaryl/α,β-unsaturated/α-hetero) is 1. The number of ketones is 1. The Bertz CT molecular complexity index is 860. The van der Waals surface area contributed by atoms with Crippen LogP contribution in [-0.4, -0.2) is 22.6 Å². The summed E-state index contributed by atoms with van der Waals surface area (Å²) in [5, 5.41) is 4.75. The third kappa shape index (κ3) is 3.34. The summed E-state index contributed by atoms with van der Waals surface area (Å²) in [5.41, 5.74) is 1.21. The second-order valence-corrected chi connectivity index (χ2v) is 7.19. The van der Waals surface area contributed by atoms with E-state index in [2.05, 4.69) is 26.2 Å². The average molecular weight is 418 g/mol. The van der Waals surface area contributed by atoms with Crippen molar-refractivity contribution >= 4 is 54.9 Å². The van der Waals surface area contributed by atoms with Gasteiger partial charge in [0, 0.05) is 5.38 Å². The average Bonchev–Trinajstić information content (AvgIpc) is 3.04. The van der Waals surface area contributed by atoms with Crippen molar-refractivity contribution < 1.29 is 14.4 Å². The zero-order chi connectivity index (χ0) is 18.0. The van der Waals surface area contributed by atoms with Crippen LogP contribution in [0, 0.1) is 5.92 Å². The molecule has 0 aliphatic carbocycles. The van der Waals surface area contributed by atoms with Crippen LogP contribution >= 0.6 is 27.3 Å². The Labute approximate surface area is 157 Å². The van der Waals surface area contributed by atoms with Gasteiger partial charge in [-0.2, -0.15) is 0 Å². The number of benzene rings is 1. The third-order valence-corrected chi connectivity index (χ3v) is 5.61. The molecule has 2 atom stereocenters. The lowest BCUT2D eigenvalue weighted by atomic mass is 9.93. The number of nitrogens with zero attached hydrogens (tertiary/aromatic N) is 1. The number of hydrogen-bond acceptors (Lipinski definition) is 5. The lowest BCUT2D eigenvalue weighted by Gasteiger charge is -2.18. The maximum absolute atomic E-state index is 12.7. The van der Waals surface area contributed by atoms with Gasteiger partial charge >= 0.3 is 0 Å². The summed E-state index contributed by atoms with van der Waals surface area (Å²) in [5.74, 6) is -0.987. The first kappa shape index (κ1) is 17.7. The quantitative estimate of drug-likeness (QED) is 0.798. The predicted molar refractivity (Wildman–Crippen MR) is 101 cm³/mol. The first-order valence-electron chi connectivity index (χ1n) is 7.70. The van der Waals surface area contributed by atoms with Crippen molar-refractivity contribution in [1.82, 2.24) is 5.32 Å². The third-order valence-electron chi connectivity index (χ3n) is 4.01. The lowest BCUT2D eigenvalue weighted by molar-refractivity contribution is 0.0916. The topological polar surface area (TPSA) is 75.6 Å². The van der Waals surface area contributed by atoms with Gasteiger partial charge in [-0.25, -0.2) is 4.99 Å². The van der Waals surface area contributed by atoms with Crippen molar-refractivity contribution in [3.63, 3.8) is 0 Å². The summed E-state index contributed by atoms with van der Waals surface area (Å²) in [6, 6.07) is 7.96. The first-order valence-corrected chi connectivity index (χ1v) is 9.37. The highest BCUT2D eigenvalue weighted by atomic mass is 79.9. The fourth-order valence-corrected chi connectivity index (χ4v) is 4.44. The van der Waals surface area contributed by atoms with E-state index in [1.165, 1.54) is 11.3 Å². The minimum Gasteiger partial charge on any atom is -0.338 e. The maximum Gasteiger partial charge on any atom is 0.253 e. The molecule has 25 heavy (non-hydrogen) atoms. The second kappa shape index (κ2) is 7.41. The Balaban J connectivity index is 1.90. The highest BCUT2D eigenvalue weighted by Crippen LogP contribution is 2.39. The minimum atomic E-state index is -0.889. The Morgan fingerprint density at radius 3 is 2.76 bits per heavy atom. The number of aliphatic imine (C=N–C) groups is 1. The molecule has 0 bridgehead atoms. The summed E-state index contributed by atoms with van der Waals surface area (Å²) >= 11 is 4.57. The van der Waals surface area contributed by atoms with Crippen molar-refractivity contribution in [3.8, 4) is 0 Å². The Morgan fingerprint density at radius 1 is 1.40 bits per heavy atom. The molecule has 0 saturated carbocycles. The van der Waals surface area contributed by atoms with Gasteiger partial charge in [0.05, 0.1) is 21.7 Å². The summed E-state index contributed by atoms with van der Waals surface area (Å²) in [6.45, 7) is 1.89. The van der Waals surface area contributed by atoms with E-state index in [-0.39, 0.29) is 17.3 Å². The molecule has 0 fully saturated rings. The molecule has 0 saturated heterocycles. The van der Waals surface area contributed by atoms with Crippen LogP contribution in [-0.2, 0) is 4.79 Å². The number of carbonyl (C=O) groups is 2. The number of thiophene rings is 1. The molecule has 1 N–H and O–H groups in total. The first-order chi connectivity index (χ1) is 12.1. The van der Waals surface area contributed by atoms with Gasteiger partial charge in [-0.05, 0) is 27.9 Å². The van der Waals surface area contributed by atoms with E-state index in [0.29, 0.717) is 27.2 Å². The van der Waals surface area contributed by atoms with Crippen molar-refractivity contribution in [2.45, 2.75) is 19.4 Å². The molecular formula is C18H14BrN2O3S. The van der Waals surface area contributed by atoms with Gasteiger partial charge in [-0.1, -0.05) is 37.3 Å². The normalized spacial score (nSPS) is 17.4. The molecule has 1 radical (unpaired) electrons. The van der Waals surface area contributed by atoms with E-state index in [9.17, 15) is 14.4 Å². The van der Waals surface area contributed by atoms with E-state index in [4.69, 9.17) is 0 Å². The SMILES string of the molecule is CCC1C(=O)c2c(C(=O)NC([C]=O)c3ccccc3)csc2N=C1Br. The highest BCUT2D eigenvalue weighted by molar-refractivity contribution is 9.18. The summed E-state index contributed by atoms with van der Waals surface area (Å²) in [4.78, 5) is 41.0. The predicted octanol–water partition coefficient (Wildman–Crippen LogP) is 3.98. The van der Waals surface area contributed by atoms with Gasteiger partial charge in [0.2, 0.25) is 6.29 Å². The monoisotopic (exact) mass is 417 g/mol. The number of fused-ring (bicyclic) bond motifs is 1. The smallest absolute Gasteiger partial charge is 0.253 e. The Kier molecular flexibility index (Phi) is 5.24. The molecule has 1 aliphatic rings. The number of hydrogen-bond donors (Lipinski definition) is 1. The molecule has 5 nitrogen and oxygen atoms in total. The number of halogens is 1. The Morgan fingerprint density at radius 2 is 2.12 bits per heavy atom. The maximum atomic E-state index is 12.7. The van der Waals surface area contributed by atoms with Gasteiger partial charge in [0.1, 0.15) is 11.0 Å².